The predicted molar refractivity (Wildman–Crippen MR) is 66.9 cm³/mol. The number of phenolic OH excluding ortho intramolecular Hbond substituents is 1. The van der Waals surface area contributed by atoms with Gasteiger partial charge < -0.3 is 15.2 Å². The van der Waals surface area contributed by atoms with E-state index in [9.17, 15) is 5.11 Å². The number of halogens is 1. The maximum atomic E-state index is 9.67. The van der Waals surface area contributed by atoms with Crippen molar-refractivity contribution in [1.29, 1.82) is 0 Å². The highest BCUT2D eigenvalue weighted by atomic mass is 79.9. The second kappa shape index (κ2) is 4.26. The molecule has 0 bridgehead atoms. The van der Waals surface area contributed by atoms with Crippen molar-refractivity contribution in [1.82, 2.24) is 5.32 Å². The van der Waals surface area contributed by atoms with Crippen LogP contribution in [0.2, 0.25) is 0 Å². The summed E-state index contributed by atoms with van der Waals surface area (Å²) in [5.41, 5.74) is 1.11. The minimum absolute atomic E-state index is 0.0280. The van der Waals surface area contributed by atoms with Gasteiger partial charge in [-0.05, 0) is 44.0 Å². The minimum atomic E-state index is -0.0280. The van der Waals surface area contributed by atoms with E-state index in [4.69, 9.17) is 4.74 Å². The third-order valence-corrected chi connectivity index (χ3v) is 3.89. The smallest absolute Gasteiger partial charge is 0.160 e. The van der Waals surface area contributed by atoms with Gasteiger partial charge in [0.05, 0.1) is 7.11 Å². The maximum Gasteiger partial charge on any atom is 0.160 e. The van der Waals surface area contributed by atoms with Crippen LogP contribution in [0.4, 0.5) is 0 Å². The first-order chi connectivity index (χ1) is 7.57. The summed E-state index contributed by atoms with van der Waals surface area (Å²) in [5, 5.41) is 13.2. The van der Waals surface area contributed by atoms with Gasteiger partial charge in [-0.15, -0.1) is 0 Å². The second-order valence-corrected chi connectivity index (χ2v) is 5.22. The van der Waals surface area contributed by atoms with Gasteiger partial charge in [0.1, 0.15) is 0 Å². The fourth-order valence-corrected chi connectivity index (χ4v) is 3.02. The lowest BCUT2D eigenvalue weighted by Crippen LogP contribution is -2.33. The van der Waals surface area contributed by atoms with Gasteiger partial charge in [-0.1, -0.05) is 15.9 Å². The van der Waals surface area contributed by atoms with Crippen molar-refractivity contribution in [2.75, 3.05) is 13.7 Å². The van der Waals surface area contributed by atoms with Gasteiger partial charge in [0.15, 0.2) is 11.5 Å². The third-order valence-electron chi connectivity index (χ3n) is 3.23. The lowest BCUT2D eigenvalue weighted by molar-refractivity contribution is 0.367. The van der Waals surface area contributed by atoms with E-state index in [-0.39, 0.29) is 11.3 Å². The molecule has 88 valence electrons. The summed E-state index contributed by atoms with van der Waals surface area (Å²) in [5.74, 6) is 0.688. The van der Waals surface area contributed by atoms with Crippen LogP contribution in [0.5, 0.6) is 11.5 Å². The predicted octanol–water partition coefficient (Wildman–Crippen LogP) is 2.76. The summed E-state index contributed by atoms with van der Waals surface area (Å²) in [6, 6.07) is 3.59. The molecule has 1 fully saturated rings. The van der Waals surface area contributed by atoms with Crippen molar-refractivity contribution >= 4 is 15.9 Å². The summed E-state index contributed by atoms with van der Waals surface area (Å²) in [6.07, 6.45) is 2.27. The van der Waals surface area contributed by atoms with Gasteiger partial charge in [0.2, 0.25) is 0 Å². The van der Waals surface area contributed by atoms with Crippen molar-refractivity contribution in [2.45, 2.75) is 25.3 Å². The molecule has 3 nitrogen and oxygen atoms in total. The number of ether oxygens (including phenoxy) is 1. The summed E-state index contributed by atoms with van der Waals surface area (Å²) in [6.45, 7) is 3.21. The molecule has 1 saturated heterocycles. The molecule has 2 rings (SSSR count). The zero-order chi connectivity index (χ0) is 11.8. The highest BCUT2D eigenvalue weighted by molar-refractivity contribution is 9.10. The Hall–Kier alpha value is -0.740. The molecule has 1 heterocycles. The van der Waals surface area contributed by atoms with Crippen LogP contribution < -0.4 is 10.1 Å². The summed E-state index contributed by atoms with van der Waals surface area (Å²) >= 11 is 3.50. The fraction of sp³-hybridized carbons (Fsp3) is 0.500. The third kappa shape index (κ3) is 1.92. The Kier molecular flexibility index (Phi) is 3.13. The average molecular weight is 286 g/mol. The molecule has 16 heavy (non-hydrogen) atoms. The van der Waals surface area contributed by atoms with Gasteiger partial charge in [-0.2, -0.15) is 0 Å². The van der Waals surface area contributed by atoms with E-state index in [0.717, 1.165) is 23.0 Å². The molecular formula is C12H16BrNO2. The topological polar surface area (TPSA) is 41.5 Å². The minimum Gasteiger partial charge on any atom is -0.504 e. The van der Waals surface area contributed by atoms with E-state index in [1.54, 1.807) is 13.2 Å². The SMILES string of the molecule is COc1cc(C2(C)CCCN2)c(Br)cc1O. The Morgan fingerprint density at radius 3 is 2.81 bits per heavy atom. The highest BCUT2D eigenvalue weighted by Crippen LogP contribution is 2.40. The van der Waals surface area contributed by atoms with Gasteiger partial charge in [-0.3, -0.25) is 0 Å². The maximum absolute atomic E-state index is 9.67. The van der Waals surface area contributed by atoms with Crippen LogP contribution in [0.1, 0.15) is 25.3 Å². The molecule has 0 saturated carbocycles. The first-order valence-corrected chi connectivity index (χ1v) is 6.18. The first kappa shape index (κ1) is 11.7. The van der Waals surface area contributed by atoms with E-state index >= 15 is 0 Å². The van der Waals surface area contributed by atoms with Crippen molar-refractivity contribution in [3.63, 3.8) is 0 Å². The number of aromatic hydroxyl groups is 1. The standard InChI is InChI=1S/C12H16BrNO2/c1-12(4-3-5-14-12)8-6-11(16-2)10(15)7-9(8)13/h6-7,14-15H,3-5H2,1-2H3. The molecule has 0 aromatic heterocycles. The van der Waals surface area contributed by atoms with Crippen molar-refractivity contribution in [3.05, 3.63) is 22.2 Å². The number of rotatable bonds is 2. The van der Waals surface area contributed by atoms with Gasteiger partial charge in [0.25, 0.3) is 0 Å². The normalized spacial score (nSPS) is 24.7. The summed E-state index contributed by atoms with van der Waals surface area (Å²) in [7, 11) is 1.57. The van der Waals surface area contributed by atoms with Crippen molar-refractivity contribution < 1.29 is 9.84 Å². The Labute approximate surface area is 104 Å². The molecule has 1 atom stereocenters. The molecule has 0 amide bonds. The zero-order valence-electron chi connectivity index (χ0n) is 9.51. The molecule has 0 aliphatic carbocycles. The van der Waals surface area contributed by atoms with Crippen LogP contribution in [0.3, 0.4) is 0 Å². The van der Waals surface area contributed by atoms with Crippen LogP contribution in [-0.2, 0) is 5.54 Å². The molecule has 1 unspecified atom stereocenters. The van der Waals surface area contributed by atoms with Gasteiger partial charge in [-0.25, -0.2) is 0 Å². The number of nitrogens with one attached hydrogen (secondary N) is 1. The van der Waals surface area contributed by atoms with Crippen LogP contribution in [0, 0.1) is 0 Å². The molecular weight excluding hydrogens is 270 g/mol. The molecule has 4 heteroatoms. The second-order valence-electron chi connectivity index (χ2n) is 4.37. The molecule has 0 radical (unpaired) electrons. The monoisotopic (exact) mass is 285 g/mol. The lowest BCUT2D eigenvalue weighted by atomic mass is 9.90. The Morgan fingerprint density at radius 1 is 1.50 bits per heavy atom. The number of hydrogen-bond acceptors (Lipinski definition) is 3. The van der Waals surface area contributed by atoms with E-state index in [1.165, 1.54) is 6.42 Å². The molecule has 0 spiro atoms. The number of phenols is 1. The Balaban J connectivity index is 2.47. The van der Waals surface area contributed by atoms with E-state index in [2.05, 4.69) is 28.2 Å². The Morgan fingerprint density at radius 2 is 2.25 bits per heavy atom. The molecule has 1 aromatic carbocycles. The van der Waals surface area contributed by atoms with Gasteiger partial charge in [0, 0.05) is 10.0 Å². The summed E-state index contributed by atoms with van der Waals surface area (Å²) in [4.78, 5) is 0. The molecule has 2 N–H and O–H groups in total. The van der Waals surface area contributed by atoms with Crippen LogP contribution in [0.25, 0.3) is 0 Å². The van der Waals surface area contributed by atoms with Crippen molar-refractivity contribution in [2.24, 2.45) is 0 Å². The fourth-order valence-electron chi connectivity index (χ4n) is 2.25. The van der Waals surface area contributed by atoms with E-state index < -0.39 is 0 Å². The molecule has 1 aliphatic heterocycles. The Bertz CT molecular complexity index is 400. The quantitative estimate of drug-likeness (QED) is 0.878. The highest BCUT2D eigenvalue weighted by Gasteiger charge is 2.32. The van der Waals surface area contributed by atoms with Crippen molar-refractivity contribution in [3.8, 4) is 11.5 Å². The largest absolute Gasteiger partial charge is 0.504 e. The number of methoxy groups -OCH3 is 1. The molecule has 1 aromatic rings. The zero-order valence-corrected chi connectivity index (χ0v) is 11.1. The average Bonchev–Trinajstić information content (AvgIpc) is 2.66. The molecule has 1 aliphatic rings. The number of benzene rings is 1. The van der Waals surface area contributed by atoms with E-state index in [0.29, 0.717) is 5.75 Å². The lowest BCUT2D eigenvalue weighted by Gasteiger charge is -2.27. The first-order valence-electron chi connectivity index (χ1n) is 5.39. The van der Waals surface area contributed by atoms with E-state index in [1.807, 2.05) is 6.07 Å². The van der Waals surface area contributed by atoms with Crippen LogP contribution >= 0.6 is 15.9 Å². The summed E-state index contributed by atoms with van der Waals surface area (Å²) < 4.78 is 6.07. The van der Waals surface area contributed by atoms with Gasteiger partial charge >= 0.3 is 0 Å². The van der Waals surface area contributed by atoms with Crippen LogP contribution in [0.15, 0.2) is 16.6 Å². The van der Waals surface area contributed by atoms with Crippen LogP contribution in [-0.4, -0.2) is 18.8 Å². The number of hydrogen-bond donors (Lipinski definition) is 2.